The summed E-state index contributed by atoms with van der Waals surface area (Å²) in [4.78, 5) is 34.9. The highest BCUT2D eigenvalue weighted by Gasteiger charge is 2.44. The quantitative estimate of drug-likeness (QED) is 0.603. The number of hydrogen-bond acceptors (Lipinski definition) is 5. The van der Waals surface area contributed by atoms with Crippen molar-refractivity contribution in [3.63, 3.8) is 0 Å². The highest BCUT2D eigenvalue weighted by molar-refractivity contribution is 7.10. The average molecular weight is 469 g/mol. The Morgan fingerprint density at radius 1 is 1.12 bits per heavy atom. The maximum Gasteiger partial charge on any atom is 0.254 e. The van der Waals surface area contributed by atoms with Crippen molar-refractivity contribution in [2.24, 2.45) is 5.92 Å². The molecular weight excluding hydrogens is 432 g/mol. The molecule has 4 rings (SSSR count). The lowest BCUT2D eigenvalue weighted by atomic mass is 9.81. The van der Waals surface area contributed by atoms with Crippen LogP contribution in [0.4, 0.5) is 0 Å². The standard InChI is InChI=1S/C26H36N4O2S/c1-19(2)18-30-24(22-10-6-17-33-22)23(20-8-4-5-9-21(20)26(30)32)25(31)27-11-7-12-29-15-13-28(3)14-16-29/h4-6,8-10,17,19,23-24H,7,11-16,18H2,1-3H3,(H,27,31)/t23-,24+/m1/s1. The molecule has 2 aromatic rings. The first-order valence-electron chi connectivity index (χ1n) is 12.1. The second-order valence-corrected chi connectivity index (χ2v) is 10.6. The van der Waals surface area contributed by atoms with Crippen molar-refractivity contribution >= 4 is 23.2 Å². The molecule has 2 aliphatic rings. The minimum absolute atomic E-state index is 0.0143. The van der Waals surface area contributed by atoms with Gasteiger partial charge in [0.15, 0.2) is 0 Å². The van der Waals surface area contributed by atoms with Crippen molar-refractivity contribution in [2.75, 3.05) is 52.9 Å². The highest BCUT2D eigenvalue weighted by Crippen LogP contribution is 2.44. The number of carbonyl (C=O) groups excluding carboxylic acids is 2. The Morgan fingerprint density at radius 3 is 2.58 bits per heavy atom. The zero-order valence-electron chi connectivity index (χ0n) is 20.0. The van der Waals surface area contributed by atoms with E-state index in [0.29, 0.717) is 24.6 Å². The van der Waals surface area contributed by atoms with Crippen molar-refractivity contribution in [3.8, 4) is 0 Å². The molecule has 2 amide bonds. The van der Waals surface area contributed by atoms with Crippen LogP contribution in [0, 0.1) is 5.92 Å². The molecule has 1 aromatic carbocycles. The molecule has 2 atom stereocenters. The van der Waals surface area contributed by atoms with Crippen LogP contribution in [0.5, 0.6) is 0 Å². The van der Waals surface area contributed by atoms with Gasteiger partial charge in [-0.2, -0.15) is 0 Å². The van der Waals surface area contributed by atoms with Crippen molar-refractivity contribution in [2.45, 2.75) is 32.2 Å². The van der Waals surface area contributed by atoms with Crippen LogP contribution in [-0.2, 0) is 4.79 Å². The molecule has 1 saturated heterocycles. The maximum absolute atomic E-state index is 13.6. The normalized spacial score (nSPS) is 21.9. The van der Waals surface area contributed by atoms with Crippen molar-refractivity contribution in [3.05, 3.63) is 57.8 Å². The second kappa shape index (κ2) is 10.8. The van der Waals surface area contributed by atoms with Gasteiger partial charge in [-0.05, 0) is 49.0 Å². The largest absolute Gasteiger partial charge is 0.355 e. The predicted molar refractivity (Wildman–Crippen MR) is 134 cm³/mol. The number of carbonyl (C=O) groups is 2. The highest BCUT2D eigenvalue weighted by atomic mass is 32.1. The van der Waals surface area contributed by atoms with E-state index in [1.54, 1.807) is 11.3 Å². The third kappa shape index (κ3) is 5.48. The predicted octanol–water partition coefficient (Wildman–Crippen LogP) is 3.44. The number of nitrogens with zero attached hydrogens (tertiary/aromatic N) is 3. The minimum Gasteiger partial charge on any atom is -0.355 e. The van der Waals surface area contributed by atoms with Gasteiger partial charge in [0.05, 0.1) is 12.0 Å². The van der Waals surface area contributed by atoms with E-state index in [2.05, 4.69) is 42.1 Å². The fourth-order valence-electron chi connectivity index (χ4n) is 4.94. The van der Waals surface area contributed by atoms with Crippen molar-refractivity contribution < 1.29 is 9.59 Å². The average Bonchev–Trinajstić information content (AvgIpc) is 3.33. The van der Waals surface area contributed by atoms with Gasteiger partial charge >= 0.3 is 0 Å². The van der Waals surface area contributed by atoms with E-state index in [1.165, 1.54) is 0 Å². The Bertz CT molecular complexity index is 938. The number of piperazine rings is 1. The number of nitrogens with one attached hydrogen (secondary N) is 1. The van der Waals surface area contributed by atoms with E-state index in [9.17, 15) is 9.59 Å². The summed E-state index contributed by atoms with van der Waals surface area (Å²) < 4.78 is 0. The van der Waals surface area contributed by atoms with E-state index in [1.807, 2.05) is 40.6 Å². The van der Waals surface area contributed by atoms with Crippen molar-refractivity contribution in [1.82, 2.24) is 20.0 Å². The summed E-state index contributed by atoms with van der Waals surface area (Å²) in [6, 6.07) is 11.4. The SMILES string of the molecule is CC(C)CN1C(=O)c2ccccc2[C@@H](C(=O)NCCCN2CCN(C)CC2)[C@@H]1c1cccs1. The molecule has 0 aliphatic carbocycles. The van der Waals surface area contributed by atoms with Crippen molar-refractivity contribution in [1.29, 1.82) is 0 Å². The summed E-state index contributed by atoms with van der Waals surface area (Å²) in [6.45, 7) is 10.9. The Hall–Kier alpha value is -2.22. The van der Waals surface area contributed by atoms with Crippen LogP contribution in [0.15, 0.2) is 41.8 Å². The molecule has 6 nitrogen and oxygen atoms in total. The van der Waals surface area contributed by atoms with Gasteiger partial charge in [0.25, 0.3) is 5.91 Å². The van der Waals surface area contributed by atoms with Crippen LogP contribution in [0.3, 0.4) is 0 Å². The van der Waals surface area contributed by atoms with Gasteiger partial charge in [0.1, 0.15) is 0 Å². The third-order valence-electron chi connectivity index (χ3n) is 6.66. The summed E-state index contributed by atoms with van der Waals surface area (Å²) in [6.07, 6.45) is 0.933. The van der Waals surface area contributed by atoms with Gasteiger partial charge in [-0.25, -0.2) is 0 Å². The van der Waals surface area contributed by atoms with Gasteiger partial charge < -0.3 is 20.0 Å². The third-order valence-corrected chi connectivity index (χ3v) is 7.61. The number of rotatable bonds is 8. The van der Waals surface area contributed by atoms with E-state index < -0.39 is 5.92 Å². The van der Waals surface area contributed by atoms with E-state index in [4.69, 9.17) is 0 Å². The molecular formula is C26H36N4O2S. The summed E-state index contributed by atoms with van der Waals surface area (Å²) >= 11 is 1.62. The molecule has 3 heterocycles. The maximum atomic E-state index is 13.6. The molecule has 1 N–H and O–H groups in total. The second-order valence-electron chi connectivity index (χ2n) is 9.67. The number of benzene rings is 1. The number of hydrogen-bond donors (Lipinski definition) is 1. The first-order chi connectivity index (χ1) is 16.0. The first-order valence-corrected chi connectivity index (χ1v) is 13.0. The zero-order valence-corrected chi connectivity index (χ0v) is 20.8. The lowest BCUT2D eigenvalue weighted by Crippen LogP contribution is -2.48. The summed E-state index contributed by atoms with van der Waals surface area (Å²) in [5.74, 6) is -0.0498. The van der Waals surface area contributed by atoms with E-state index in [0.717, 1.165) is 49.6 Å². The van der Waals surface area contributed by atoms with Gasteiger partial charge in [-0.1, -0.05) is 38.1 Å². The van der Waals surface area contributed by atoms with E-state index >= 15 is 0 Å². The monoisotopic (exact) mass is 468 g/mol. The molecule has 0 bridgehead atoms. The first kappa shape index (κ1) is 23.9. The molecule has 0 radical (unpaired) electrons. The molecule has 0 unspecified atom stereocenters. The lowest BCUT2D eigenvalue weighted by Gasteiger charge is -2.42. The minimum atomic E-state index is -0.403. The summed E-state index contributed by atoms with van der Waals surface area (Å²) in [5, 5.41) is 5.24. The van der Waals surface area contributed by atoms with Gasteiger partial charge in [0, 0.05) is 49.7 Å². The summed E-state index contributed by atoms with van der Waals surface area (Å²) in [5.41, 5.74) is 1.50. The van der Waals surface area contributed by atoms with Gasteiger partial charge in [-0.15, -0.1) is 11.3 Å². The molecule has 1 fully saturated rings. The Labute approximate surface area is 201 Å². The molecule has 178 valence electrons. The van der Waals surface area contributed by atoms with Crippen LogP contribution in [0.2, 0.25) is 0 Å². The zero-order chi connectivity index (χ0) is 23.4. The topological polar surface area (TPSA) is 55.9 Å². The fourth-order valence-corrected chi connectivity index (χ4v) is 5.82. The Balaban J connectivity index is 1.52. The smallest absolute Gasteiger partial charge is 0.254 e. The summed E-state index contributed by atoms with van der Waals surface area (Å²) in [7, 11) is 2.16. The van der Waals surface area contributed by atoms with Crippen LogP contribution in [0.1, 0.15) is 53.0 Å². The molecule has 2 aliphatic heterocycles. The van der Waals surface area contributed by atoms with E-state index in [-0.39, 0.29) is 17.9 Å². The molecule has 1 aromatic heterocycles. The number of likely N-dealkylation sites (N-methyl/N-ethyl adjacent to an activating group) is 1. The van der Waals surface area contributed by atoms with Crippen LogP contribution >= 0.6 is 11.3 Å². The van der Waals surface area contributed by atoms with Gasteiger partial charge in [-0.3, -0.25) is 9.59 Å². The molecule has 0 spiro atoms. The van der Waals surface area contributed by atoms with Crippen LogP contribution in [-0.4, -0.2) is 79.4 Å². The molecule has 7 heteroatoms. The number of thiophene rings is 1. The molecule has 33 heavy (non-hydrogen) atoms. The Kier molecular flexibility index (Phi) is 7.83. The fraction of sp³-hybridized carbons (Fsp3) is 0.538. The number of amides is 2. The van der Waals surface area contributed by atoms with Gasteiger partial charge in [0.2, 0.25) is 5.91 Å². The lowest BCUT2D eigenvalue weighted by molar-refractivity contribution is -0.124. The number of fused-ring (bicyclic) bond motifs is 1. The van der Waals surface area contributed by atoms with Crippen LogP contribution in [0.25, 0.3) is 0 Å². The van der Waals surface area contributed by atoms with Crippen LogP contribution < -0.4 is 5.32 Å². The molecule has 0 saturated carbocycles. The Morgan fingerprint density at radius 2 is 1.88 bits per heavy atom.